The van der Waals surface area contributed by atoms with Crippen molar-refractivity contribution in [3.05, 3.63) is 93.2 Å². The zero-order valence-electron chi connectivity index (χ0n) is 20.0. The predicted octanol–water partition coefficient (Wildman–Crippen LogP) is 5.63. The molecule has 5 rings (SSSR count). The molecule has 35 heavy (non-hydrogen) atoms. The van der Waals surface area contributed by atoms with Gasteiger partial charge in [-0.2, -0.15) is 0 Å². The van der Waals surface area contributed by atoms with Crippen LogP contribution < -0.4 is 14.9 Å². The molecule has 3 heterocycles. The molecule has 0 radical (unpaired) electrons. The number of ether oxygens (including phenoxy) is 2. The molecule has 2 aromatic carbocycles. The number of aryl methyl sites for hydroxylation is 1. The van der Waals surface area contributed by atoms with E-state index in [1.165, 1.54) is 0 Å². The Kier molecular flexibility index (Phi) is 6.07. The Morgan fingerprint density at radius 3 is 2.66 bits per heavy atom. The van der Waals surface area contributed by atoms with Crippen molar-refractivity contribution < 1.29 is 23.1 Å². The Bertz CT molecular complexity index is 1440. The molecule has 180 valence electrons. The van der Waals surface area contributed by atoms with Gasteiger partial charge in [-0.3, -0.25) is 9.59 Å². The summed E-state index contributed by atoms with van der Waals surface area (Å²) in [6.45, 7) is 4.78. The van der Waals surface area contributed by atoms with Crippen LogP contribution in [-0.2, 0) is 6.54 Å². The number of rotatable bonds is 8. The molecule has 0 bridgehead atoms. The highest BCUT2D eigenvalue weighted by Crippen LogP contribution is 2.41. The fourth-order valence-electron chi connectivity index (χ4n) is 4.51. The molecular weight excluding hydrogens is 446 g/mol. The average molecular weight is 474 g/mol. The second-order valence-corrected chi connectivity index (χ2v) is 8.70. The van der Waals surface area contributed by atoms with Crippen molar-refractivity contribution in [2.24, 2.45) is 0 Å². The van der Waals surface area contributed by atoms with Gasteiger partial charge in [0.05, 0.1) is 43.5 Å². The number of furan rings is 1. The summed E-state index contributed by atoms with van der Waals surface area (Å²) >= 11 is 0. The minimum atomic E-state index is -0.664. The van der Waals surface area contributed by atoms with E-state index >= 15 is 0 Å². The van der Waals surface area contributed by atoms with Crippen LogP contribution in [0.15, 0.2) is 68.4 Å². The predicted molar refractivity (Wildman–Crippen MR) is 131 cm³/mol. The molecular formula is C28H27NO6. The summed E-state index contributed by atoms with van der Waals surface area (Å²) in [7, 11) is 1.57. The van der Waals surface area contributed by atoms with E-state index in [0.717, 1.165) is 24.0 Å². The number of carbonyl (C=O) groups excluding carboxylic acids is 1. The van der Waals surface area contributed by atoms with Gasteiger partial charge in [0.15, 0.2) is 16.9 Å². The molecule has 4 aromatic rings. The molecule has 0 aliphatic carbocycles. The molecule has 1 aliphatic rings. The van der Waals surface area contributed by atoms with E-state index in [1.807, 2.05) is 31.2 Å². The number of carbonyl (C=O) groups is 1. The highest BCUT2D eigenvalue weighted by atomic mass is 16.5. The Morgan fingerprint density at radius 2 is 1.91 bits per heavy atom. The first kappa shape index (κ1) is 22.8. The van der Waals surface area contributed by atoms with Gasteiger partial charge in [0.25, 0.3) is 5.91 Å². The van der Waals surface area contributed by atoms with Crippen LogP contribution in [0.4, 0.5) is 0 Å². The first-order valence-electron chi connectivity index (χ1n) is 11.7. The summed E-state index contributed by atoms with van der Waals surface area (Å²) in [6.07, 6.45) is 3.51. The largest absolute Gasteiger partial charge is 0.493 e. The van der Waals surface area contributed by atoms with Gasteiger partial charge < -0.3 is 23.2 Å². The maximum absolute atomic E-state index is 13.7. The zero-order valence-corrected chi connectivity index (χ0v) is 20.0. The zero-order chi connectivity index (χ0) is 24.5. The van der Waals surface area contributed by atoms with Crippen LogP contribution in [0.2, 0.25) is 0 Å². The van der Waals surface area contributed by atoms with Gasteiger partial charge in [0, 0.05) is 0 Å². The summed E-state index contributed by atoms with van der Waals surface area (Å²) in [5, 5.41) is 0.452. The van der Waals surface area contributed by atoms with Crippen LogP contribution in [0, 0.1) is 6.92 Å². The molecule has 0 fully saturated rings. The lowest BCUT2D eigenvalue weighted by Gasteiger charge is -2.25. The van der Waals surface area contributed by atoms with Crippen molar-refractivity contribution in [1.82, 2.24) is 4.90 Å². The van der Waals surface area contributed by atoms with Crippen LogP contribution in [0.25, 0.3) is 11.0 Å². The van der Waals surface area contributed by atoms with Crippen LogP contribution in [0.1, 0.15) is 58.8 Å². The van der Waals surface area contributed by atoms with Crippen molar-refractivity contribution in [3.8, 4) is 11.5 Å². The normalized spacial score (nSPS) is 15.0. The standard InChI is InChI=1S/C28H27NO6/c1-4-5-12-34-22-11-9-18(15-23(22)32-3)25-24-26(30)20-14-17(2)8-10-21(20)35-27(24)28(31)29(25)16-19-7-6-13-33-19/h6-11,13-15,25H,4-5,12,16H2,1-3H3/t25-/m0/s1. The lowest BCUT2D eigenvalue weighted by atomic mass is 9.97. The fraction of sp³-hybridized carbons (Fsp3) is 0.286. The third kappa shape index (κ3) is 4.07. The molecule has 1 aliphatic heterocycles. The Balaban J connectivity index is 1.66. The van der Waals surface area contributed by atoms with Gasteiger partial charge >= 0.3 is 0 Å². The van der Waals surface area contributed by atoms with Crippen LogP contribution in [0.3, 0.4) is 0 Å². The summed E-state index contributed by atoms with van der Waals surface area (Å²) in [4.78, 5) is 28.9. The van der Waals surface area contributed by atoms with E-state index in [1.54, 1.807) is 42.5 Å². The maximum Gasteiger partial charge on any atom is 0.291 e. The quantitative estimate of drug-likeness (QED) is 0.309. The van der Waals surface area contributed by atoms with Crippen LogP contribution in [0.5, 0.6) is 11.5 Å². The first-order chi connectivity index (χ1) is 17.0. The van der Waals surface area contributed by atoms with Gasteiger partial charge in [-0.1, -0.05) is 31.0 Å². The van der Waals surface area contributed by atoms with E-state index in [-0.39, 0.29) is 23.6 Å². The second-order valence-electron chi connectivity index (χ2n) is 8.70. The van der Waals surface area contributed by atoms with Gasteiger partial charge in [0.2, 0.25) is 5.76 Å². The van der Waals surface area contributed by atoms with E-state index in [0.29, 0.717) is 40.4 Å². The summed E-state index contributed by atoms with van der Waals surface area (Å²) in [5.41, 5.74) is 2.16. The Labute approximate surface area is 202 Å². The van der Waals surface area contributed by atoms with Crippen molar-refractivity contribution in [2.75, 3.05) is 13.7 Å². The molecule has 0 N–H and O–H groups in total. The molecule has 0 spiro atoms. The topological polar surface area (TPSA) is 82.1 Å². The van der Waals surface area contributed by atoms with E-state index in [9.17, 15) is 9.59 Å². The third-order valence-electron chi connectivity index (χ3n) is 6.29. The number of amides is 1. The van der Waals surface area contributed by atoms with Gasteiger partial charge in [-0.05, 0) is 55.3 Å². The van der Waals surface area contributed by atoms with Crippen LogP contribution in [-0.4, -0.2) is 24.5 Å². The molecule has 0 saturated carbocycles. The Morgan fingerprint density at radius 1 is 1.06 bits per heavy atom. The molecule has 0 saturated heterocycles. The van der Waals surface area contributed by atoms with E-state index < -0.39 is 6.04 Å². The van der Waals surface area contributed by atoms with E-state index in [4.69, 9.17) is 18.3 Å². The molecule has 1 atom stereocenters. The first-order valence-corrected chi connectivity index (χ1v) is 11.7. The lowest BCUT2D eigenvalue weighted by molar-refractivity contribution is 0.0701. The monoisotopic (exact) mass is 473 g/mol. The minimum absolute atomic E-state index is 0.0603. The van der Waals surface area contributed by atoms with Crippen molar-refractivity contribution in [2.45, 2.75) is 39.3 Å². The minimum Gasteiger partial charge on any atom is -0.493 e. The number of fused-ring (bicyclic) bond motifs is 2. The SMILES string of the molecule is CCCCOc1ccc([C@H]2c3c(oc4ccc(C)cc4c3=O)C(=O)N2Cc2ccco2)cc1OC. The van der Waals surface area contributed by atoms with Crippen molar-refractivity contribution >= 4 is 16.9 Å². The number of benzene rings is 2. The third-order valence-corrected chi connectivity index (χ3v) is 6.29. The molecule has 2 aromatic heterocycles. The van der Waals surface area contributed by atoms with Gasteiger partial charge in [0.1, 0.15) is 11.3 Å². The number of hydrogen-bond donors (Lipinski definition) is 0. The average Bonchev–Trinajstić information content (AvgIpc) is 3.47. The highest BCUT2D eigenvalue weighted by molar-refractivity contribution is 5.99. The highest BCUT2D eigenvalue weighted by Gasteiger charge is 2.43. The van der Waals surface area contributed by atoms with Crippen LogP contribution >= 0.6 is 0 Å². The van der Waals surface area contributed by atoms with Gasteiger partial charge in [-0.25, -0.2) is 0 Å². The summed E-state index contributed by atoms with van der Waals surface area (Å²) in [5.74, 6) is 1.47. The fourth-order valence-corrected chi connectivity index (χ4v) is 4.51. The second kappa shape index (κ2) is 9.33. The smallest absolute Gasteiger partial charge is 0.291 e. The summed E-state index contributed by atoms with van der Waals surface area (Å²) in [6, 6.07) is 13.8. The summed E-state index contributed by atoms with van der Waals surface area (Å²) < 4.78 is 23.0. The van der Waals surface area contributed by atoms with Gasteiger partial charge in [-0.15, -0.1) is 0 Å². The lowest BCUT2D eigenvalue weighted by Crippen LogP contribution is -2.29. The molecule has 7 nitrogen and oxygen atoms in total. The molecule has 0 unspecified atom stereocenters. The maximum atomic E-state index is 13.7. The number of unbranched alkanes of at least 4 members (excludes halogenated alkanes) is 1. The molecule has 7 heteroatoms. The van der Waals surface area contributed by atoms with Crippen molar-refractivity contribution in [1.29, 1.82) is 0 Å². The number of nitrogens with zero attached hydrogens (tertiary/aromatic N) is 1. The van der Waals surface area contributed by atoms with Crippen molar-refractivity contribution in [3.63, 3.8) is 0 Å². The molecule has 1 amide bonds. The Hall–Kier alpha value is -4.00. The number of methoxy groups -OCH3 is 1. The number of hydrogen-bond acceptors (Lipinski definition) is 6. The van der Waals surface area contributed by atoms with E-state index in [2.05, 4.69) is 6.92 Å².